The van der Waals surface area contributed by atoms with E-state index in [4.69, 9.17) is 0 Å². The first kappa shape index (κ1) is 12.8. The summed E-state index contributed by atoms with van der Waals surface area (Å²) < 4.78 is 0. The molecule has 0 radical (unpaired) electrons. The first-order valence-corrected chi connectivity index (χ1v) is 6.54. The van der Waals surface area contributed by atoms with Crippen LogP contribution in [0.5, 0.6) is 0 Å². The number of hydrogen-bond acceptors (Lipinski definition) is 1. The fourth-order valence-corrected chi connectivity index (χ4v) is 2.78. The minimum atomic E-state index is -0.0359. The van der Waals surface area contributed by atoms with E-state index in [1.165, 1.54) is 38.5 Å². The summed E-state index contributed by atoms with van der Waals surface area (Å²) in [6, 6.07) is 0. The predicted molar refractivity (Wildman–Crippen MR) is 65.8 cm³/mol. The molecule has 3 atom stereocenters. The summed E-state index contributed by atoms with van der Waals surface area (Å²) in [7, 11) is 0. The van der Waals surface area contributed by atoms with Gasteiger partial charge in [0, 0.05) is 0 Å². The third-order valence-electron chi connectivity index (χ3n) is 3.83. The number of aliphatic hydroxyl groups excluding tert-OH is 1. The summed E-state index contributed by atoms with van der Waals surface area (Å²) in [5.74, 6) is 1.33. The highest BCUT2D eigenvalue weighted by atomic mass is 16.3. The molecule has 0 bridgehead atoms. The quantitative estimate of drug-likeness (QED) is 0.499. The van der Waals surface area contributed by atoms with Gasteiger partial charge in [-0.1, -0.05) is 38.7 Å². The molecule has 1 saturated carbocycles. The molecule has 1 aliphatic rings. The summed E-state index contributed by atoms with van der Waals surface area (Å²) in [5.41, 5.74) is 0. The molecule has 0 aromatic rings. The van der Waals surface area contributed by atoms with Crippen molar-refractivity contribution in [3.05, 3.63) is 12.7 Å². The van der Waals surface area contributed by atoms with E-state index in [9.17, 15) is 5.11 Å². The van der Waals surface area contributed by atoms with Crippen LogP contribution in [0.1, 0.15) is 58.3 Å². The van der Waals surface area contributed by atoms with Gasteiger partial charge in [-0.2, -0.15) is 0 Å². The second kappa shape index (κ2) is 7.05. The molecule has 1 rings (SSSR count). The number of allylic oxidation sites excluding steroid dienone is 1. The van der Waals surface area contributed by atoms with E-state index >= 15 is 0 Å². The SMILES string of the molecule is C=CCCCCCC(O)C1CCCC1C. The van der Waals surface area contributed by atoms with Gasteiger partial charge in [0.25, 0.3) is 0 Å². The zero-order valence-corrected chi connectivity index (χ0v) is 10.1. The molecule has 1 nitrogen and oxygen atoms in total. The highest BCUT2D eigenvalue weighted by Gasteiger charge is 2.28. The van der Waals surface area contributed by atoms with Crippen LogP contribution in [0.15, 0.2) is 12.7 Å². The topological polar surface area (TPSA) is 20.2 Å². The molecule has 0 aliphatic heterocycles. The monoisotopic (exact) mass is 210 g/mol. The van der Waals surface area contributed by atoms with Crippen molar-refractivity contribution in [2.75, 3.05) is 0 Å². The van der Waals surface area contributed by atoms with E-state index in [0.29, 0.717) is 5.92 Å². The van der Waals surface area contributed by atoms with Crippen LogP contribution in [0.4, 0.5) is 0 Å². The Kier molecular flexibility index (Phi) is 6.00. The van der Waals surface area contributed by atoms with Crippen molar-refractivity contribution in [1.29, 1.82) is 0 Å². The van der Waals surface area contributed by atoms with Crippen molar-refractivity contribution < 1.29 is 5.11 Å². The zero-order valence-electron chi connectivity index (χ0n) is 10.1. The van der Waals surface area contributed by atoms with Gasteiger partial charge < -0.3 is 5.11 Å². The average molecular weight is 210 g/mol. The molecule has 1 heteroatoms. The van der Waals surface area contributed by atoms with E-state index < -0.39 is 0 Å². The Balaban J connectivity index is 2.07. The van der Waals surface area contributed by atoms with Gasteiger partial charge in [0.1, 0.15) is 0 Å². The summed E-state index contributed by atoms with van der Waals surface area (Å²) >= 11 is 0. The van der Waals surface area contributed by atoms with Crippen LogP contribution in [-0.2, 0) is 0 Å². The molecular weight excluding hydrogens is 184 g/mol. The molecule has 0 saturated heterocycles. The molecule has 1 N–H and O–H groups in total. The van der Waals surface area contributed by atoms with E-state index in [-0.39, 0.29) is 6.10 Å². The van der Waals surface area contributed by atoms with Gasteiger partial charge in [0.2, 0.25) is 0 Å². The minimum absolute atomic E-state index is 0.0359. The van der Waals surface area contributed by atoms with Crippen LogP contribution < -0.4 is 0 Å². The molecule has 88 valence electrons. The highest BCUT2D eigenvalue weighted by Crippen LogP contribution is 2.35. The first-order chi connectivity index (χ1) is 7.25. The number of rotatable bonds is 7. The number of unbranched alkanes of at least 4 members (excludes halogenated alkanes) is 3. The normalized spacial score (nSPS) is 27.9. The van der Waals surface area contributed by atoms with Crippen LogP contribution >= 0.6 is 0 Å². The molecule has 0 amide bonds. The Morgan fingerprint density at radius 2 is 2.13 bits per heavy atom. The smallest absolute Gasteiger partial charge is 0.0570 e. The van der Waals surface area contributed by atoms with E-state index in [1.54, 1.807) is 0 Å². The van der Waals surface area contributed by atoms with Crippen LogP contribution in [0.3, 0.4) is 0 Å². The average Bonchev–Trinajstić information content (AvgIpc) is 2.64. The molecule has 3 unspecified atom stereocenters. The van der Waals surface area contributed by atoms with Gasteiger partial charge in [0.15, 0.2) is 0 Å². The van der Waals surface area contributed by atoms with Gasteiger partial charge in [0.05, 0.1) is 6.10 Å². The lowest BCUT2D eigenvalue weighted by atomic mass is 9.89. The highest BCUT2D eigenvalue weighted by molar-refractivity contribution is 4.80. The summed E-state index contributed by atoms with van der Waals surface area (Å²) in [6.07, 6.45) is 11.6. The second-order valence-corrected chi connectivity index (χ2v) is 5.07. The Hall–Kier alpha value is -0.300. The number of aliphatic hydroxyl groups is 1. The van der Waals surface area contributed by atoms with E-state index in [0.717, 1.165) is 18.8 Å². The maximum absolute atomic E-state index is 10.1. The summed E-state index contributed by atoms with van der Waals surface area (Å²) in [5, 5.41) is 10.1. The van der Waals surface area contributed by atoms with Crippen molar-refractivity contribution in [3.8, 4) is 0 Å². The maximum Gasteiger partial charge on any atom is 0.0570 e. The van der Waals surface area contributed by atoms with Crippen LogP contribution in [0.25, 0.3) is 0 Å². The fraction of sp³-hybridized carbons (Fsp3) is 0.857. The summed E-state index contributed by atoms with van der Waals surface area (Å²) in [4.78, 5) is 0. The first-order valence-electron chi connectivity index (χ1n) is 6.54. The van der Waals surface area contributed by atoms with Gasteiger partial charge >= 0.3 is 0 Å². The van der Waals surface area contributed by atoms with Crippen molar-refractivity contribution in [3.63, 3.8) is 0 Å². The molecular formula is C14H26O. The summed E-state index contributed by atoms with van der Waals surface area (Å²) in [6.45, 7) is 6.01. The van der Waals surface area contributed by atoms with Gasteiger partial charge in [-0.3, -0.25) is 0 Å². The van der Waals surface area contributed by atoms with Crippen LogP contribution in [-0.4, -0.2) is 11.2 Å². The van der Waals surface area contributed by atoms with Crippen molar-refractivity contribution in [2.45, 2.75) is 64.4 Å². The lowest BCUT2D eigenvalue weighted by Crippen LogP contribution is -2.22. The van der Waals surface area contributed by atoms with Crippen molar-refractivity contribution in [2.24, 2.45) is 11.8 Å². The standard InChI is InChI=1S/C14H26O/c1-3-4-5-6-7-11-14(15)13-10-8-9-12(13)2/h3,12-15H,1,4-11H2,2H3. The number of hydrogen-bond donors (Lipinski definition) is 1. The van der Waals surface area contributed by atoms with Gasteiger partial charge in [-0.25, -0.2) is 0 Å². The zero-order chi connectivity index (χ0) is 11.1. The van der Waals surface area contributed by atoms with Crippen LogP contribution in [0.2, 0.25) is 0 Å². The Morgan fingerprint density at radius 1 is 1.33 bits per heavy atom. The molecule has 0 heterocycles. The lowest BCUT2D eigenvalue weighted by Gasteiger charge is -2.21. The van der Waals surface area contributed by atoms with E-state index in [1.807, 2.05) is 6.08 Å². The predicted octanol–water partition coefficient (Wildman–Crippen LogP) is 3.92. The molecule has 0 spiro atoms. The second-order valence-electron chi connectivity index (χ2n) is 5.07. The molecule has 0 aromatic carbocycles. The van der Waals surface area contributed by atoms with Crippen LogP contribution in [0, 0.1) is 11.8 Å². The largest absolute Gasteiger partial charge is 0.393 e. The minimum Gasteiger partial charge on any atom is -0.393 e. The van der Waals surface area contributed by atoms with Crippen molar-refractivity contribution in [1.82, 2.24) is 0 Å². The van der Waals surface area contributed by atoms with E-state index in [2.05, 4.69) is 13.5 Å². The lowest BCUT2D eigenvalue weighted by molar-refractivity contribution is 0.0794. The third-order valence-corrected chi connectivity index (χ3v) is 3.83. The van der Waals surface area contributed by atoms with Gasteiger partial charge in [-0.05, 0) is 37.5 Å². The fourth-order valence-electron chi connectivity index (χ4n) is 2.78. The molecule has 1 fully saturated rings. The Labute approximate surface area is 94.6 Å². The molecule has 1 aliphatic carbocycles. The Bertz CT molecular complexity index is 176. The molecule has 15 heavy (non-hydrogen) atoms. The Morgan fingerprint density at radius 3 is 2.73 bits per heavy atom. The third kappa shape index (κ3) is 4.38. The van der Waals surface area contributed by atoms with Gasteiger partial charge in [-0.15, -0.1) is 6.58 Å². The maximum atomic E-state index is 10.1. The van der Waals surface area contributed by atoms with Crippen molar-refractivity contribution >= 4 is 0 Å². The molecule has 0 aromatic heterocycles.